The number of hydrogen-bond donors (Lipinski definition) is 2. The molecule has 0 saturated carbocycles. The standard InChI is InChI=1S/C16H25ClN2O.ClH/c1-4-16(5-2,13-7-9-14(17)10-8-13)15(20)19-12-11-18-6-3;/h7-10,18H,4-6,11-12H2,1-3H3,(H,19,20);1H. The van der Waals surface area contributed by atoms with Crippen LogP contribution in [0.4, 0.5) is 0 Å². The van der Waals surface area contributed by atoms with Crippen LogP contribution in [0.25, 0.3) is 0 Å². The summed E-state index contributed by atoms with van der Waals surface area (Å²) >= 11 is 5.94. The second-order valence-electron chi connectivity index (χ2n) is 4.91. The van der Waals surface area contributed by atoms with Crippen LogP contribution in [0.1, 0.15) is 39.2 Å². The molecule has 0 spiro atoms. The van der Waals surface area contributed by atoms with Gasteiger partial charge in [0, 0.05) is 18.1 Å². The predicted octanol–water partition coefficient (Wildman–Crippen LogP) is 3.55. The largest absolute Gasteiger partial charge is 0.354 e. The number of carbonyl (C=O) groups is 1. The second-order valence-corrected chi connectivity index (χ2v) is 5.34. The van der Waals surface area contributed by atoms with Crippen LogP contribution in [0.2, 0.25) is 5.02 Å². The summed E-state index contributed by atoms with van der Waals surface area (Å²) in [5.41, 5.74) is 0.574. The molecule has 0 atom stereocenters. The van der Waals surface area contributed by atoms with Crippen LogP contribution in [0.15, 0.2) is 24.3 Å². The van der Waals surface area contributed by atoms with Crippen molar-refractivity contribution < 1.29 is 4.79 Å². The molecule has 0 aliphatic heterocycles. The Balaban J connectivity index is 0.00000400. The van der Waals surface area contributed by atoms with Gasteiger partial charge in [-0.3, -0.25) is 4.79 Å². The molecule has 21 heavy (non-hydrogen) atoms. The van der Waals surface area contributed by atoms with Crippen LogP contribution in [0.5, 0.6) is 0 Å². The molecule has 2 N–H and O–H groups in total. The maximum absolute atomic E-state index is 12.6. The van der Waals surface area contributed by atoms with E-state index >= 15 is 0 Å². The molecule has 0 aliphatic carbocycles. The number of carbonyl (C=O) groups excluding carboxylic acids is 1. The van der Waals surface area contributed by atoms with Crippen LogP contribution < -0.4 is 10.6 Å². The lowest BCUT2D eigenvalue weighted by Crippen LogP contribution is -2.45. The first-order chi connectivity index (χ1) is 9.60. The van der Waals surface area contributed by atoms with Gasteiger partial charge in [-0.15, -0.1) is 12.4 Å². The summed E-state index contributed by atoms with van der Waals surface area (Å²) in [6.45, 7) is 8.54. The van der Waals surface area contributed by atoms with Crippen molar-refractivity contribution in [2.75, 3.05) is 19.6 Å². The number of halogens is 2. The third kappa shape index (κ3) is 5.17. The number of likely N-dealkylation sites (N-methyl/N-ethyl adjacent to an activating group) is 1. The van der Waals surface area contributed by atoms with E-state index in [-0.39, 0.29) is 18.3 Å². The molecule has 0 fully saturated rings. The zero-order valence-corrected chi connectivity index (χ0v) is 14.6. The molecule has 1 aromatic rings. The van der Waals surface area contributed by atoms with Crippen molar-refractivity contribution in [2.24, 2.45) is 0 Å². The number of nitrogens with one attached hydrogen (secondary N) is 2. The molecule has 0 saturated heterocycles. The lowest BCUT2D eigenvalue weighted by molar-refractivity contribution is -0.127. The first-order valence-electron chi connectivity index (χ1n) is 7.35. The minimum atomic E-state index is -0.462. The lowest BCUT2D eigenvalue weighted by Gasteiger charge is -2.31. The summed E-state index contributed by atoms with van der Waals surface area (Å²) in [4.78, 5) is 12.6. The summed E-state index contributed by atoms with van der Waals surface area (Å²) < 4.78 is 0. The molecule has 1 rings (SSSR count). The van der Waals surface area contributed by atoms with E-state index in [1.54, 1.807) is 0 Å². The lowest BCUT2D eigenvalue weighted by atomic mass is 9.75. The van der Waals surface area contributed by atoms with Crippen molar-refractivity contribution in [1.82, 2.24) is 10.6 Å². The molecule has 0 radical (unpaired) electrons. The summed E-state index contributed by atoms with van der Waals surface area (Å²) in [5.74, 6) is 0.0997. The van der Waals surface area contributed by atoms with Gasteiger partial charge in [0.2, 0.25) is 5.91 Å². The molecule has 120 valence electrons. The highest BCUT2D eigenvalue weighted by Crippen LogP contribution is 2.32. The van der Waals surface area contributed by atoms with Gasteiger partial charge in [-0.25, -0.2) is 0 Å². The zero-order chi connectivity index (χ0) is 15.0. The van der Waals surface area contributed by atoms with Crippen LogP contribution in [-0.2, 0) is 10.2 Å². The molecule has 1 aromatic carbocycles. The molecule has 1 amide bonds. The second kappa shape index (κ2) is 10.0. The monoisotopic (exact) mass is 332 g/mol. The Morgan fingerprint density at radius 1 is 1.10 bits per heavy atom. The highest BCUT2D eigenvalue weighted by molar-refractivity contribution is 6.30. The van der Waals surface area contributed by atoms with E-state index in [9.17, 15) is 4.79 Å². The number of rotatable bonds is 8. The summed E-state index contributed by atoms with van der Waals surface area (Å²) in [6, 6.07) is 7.62. The van der Waals surface area contributed by atoms with Crippen LogP contribution in [0, 0.1) is 0 Å². The van der Waals surface area contributed by atoms with Gasteiger partial charge in [0.15, 0.2) is 0 Å². The molecular weight excluding hydrogens is 307 g/mol. The zero-order valence-electron chi connectivity index (χ0n) is 13.0. The summed E-state index contributed by atoms with van der Waals surface area (Å²) in [6.07, 6.45) is 1.55. The number of hydrogen-bond acceptors (Lipinski definition) is 2. The van der Waals surface area contributed by atoms with Gasteiger partial charge in [-0.05, 0) is 37.1 Å². The smallest absolute Gasteiger partial charge is 0.230 e. The quantitative estimate of drug-likeness (QED) is 0.715. The fraction of sp³-hybridized carbons (Fsp3) is 0.562. The molecule has 0 bridgehead atoms. The Kier molecular flexibility index (Phi) is 9.67. The Morgan fingerprint density at radius 2 is 1.67 bits per heavy atom. The van der Waals surface area contributed by atoms with E-state index in [2.05, 4.69) is 31.4 Å². The van der Waals surface area contributed by atoms with Gasteiger partial charge < -0.3 is 10.6 Å². The Bertz CT molecular complexity index is 417. The number of amides is 1. The maximum atomic E-state index is 12.6. The summed E-state index contributed by atoms with van der Waals surface area (Å²) in [5, 5.41) is 6.94. The predicted molar refractivity (Wildman–Crippen MR) is 92.5 cm³/mol. The van der Waals surface area contributed by atoms with E-state index in [4.69, 9.17) is 11.6 Å². The third-order valence-electron chi connectivity index (χ3n) is 3.88. The molecule has 0 aliphatic rings. The average molecular weight is 333 g/mol. The minimum Gasteiger partial charge on any atom is -0.354 e. The van der Waals surface area contributed by atoms with Crippen molar-refractivity contribution in [3.63, 3.8) is 0 Å². The first-order valence-corrected chi connectivity index (χ1v) is 7.73. The van der Waals surface area contributed by atoms with Crippen LogP contribution in [0.3, 0.4) is 0 Å². The third-order valence-corrected chi connectivity index (χ3v) is 4.13. The van der Waals surface area contributed by atoms with Gasteiger partial charge in [-0.1, -0.05) is 44.5 Å². The van der Waals surface area contributed by atoms with E-state index in [1.807, 2.05) is 24.3 Å². The van der Waals surface area contributed by atoms with Crippen molar-refractivity contribution in [3.8, 4) is 0 Å². The van der Waals surface area contributed by atoms with Gasteiger partial charge >= 0.3 is 0 Å². The summed E-state index contributed by atoms with van der Waals surface area (Å²) in [7, 11) is 0. The van der Waals surface area contributed by atoms with E-state index < -0.39 is 5.41 Å². The van der Waals surface area contributed by atoms with Crippen molar-refractivity contribution in [3.05, 3.63) is 34.9 Å². The first kappa shape index (κ1) is 20.2. The Hall–Kier alpha value is -0.770. The minimum absolute atomic E-state index is 0. The molecule has 0 heterocycles. The Morgan fingerprint density at radius 3 is 2.14 bits per heavy atom. The van der Waals surface area contributed by atoms with E-state index in [0.717, 1.165) is 31.5 Å². The van der Waals surface area contributed by atoms with Gasteiger partial charge in [-0.2, -0.15) is 0 Å². The SMILES string of the molecule is CCNCCNC(=O)C(CC)(CC)c1ccc(Cl)cc1.Cl. The van der Waals surface area contributed by atoms with Crippen molar-refractivity contribution >= 4 is 29.9 Å². The molecule has 0 unspecified atom stereocenters. The molecule has 5 heteroatoms. The van der Waals surface area contributed by atoms with Crippen molar-refractivity contribution in [2.45, 2.75) is 39.0 Å². The van der Waals surface area contributed by atoms with Crippen LogP contribution in [-0.4, -0.2) is 25.5 Å². The normalized spacial score (nSPS) is 10.9. The molecule has 0 aromatic heterocycles. The average Bonchev–Trinajstić information content (AvgIpc) is 2.47. The van der Waals surface area contributed by atoms with E-state index in [1.165, 1.54) is 0 Å². The fourth-order valence-electron chi connectivity index (χ4n) is 2.49. The van der Waals surface area contributed by atoms with Gasteiger partial charge in [0.1, 0.15) is 0 Å². The molecular formula is C16H26Cl2N2O. The topological polar surface area (TPSA) is 41.1 Å². The number of benzene rings is 1. The Labute approximate surface area is 139 Å². The van der Waals surface area contributed by atoms with Gasteiger partial charge in [0.05, 0.1) is 5.41 Å². The highest BCUT2D eigenvalue weighted by Gasteiger charge is 2.36. The molecule has 3 nitrogen and oxygen atoms in total. The van der Waals surface area contributed by atoms with Crippen LogP contribution >= 0.6 is 24.0 Å². The fourth-order valence-corrected chi connectivity index (χ4v) is 2.62. The van der Waals surface area contributed by atoms with Gasteiger partial charge in [0.25, 0.3) is 0 Å². The highest BCUT2D eigenvalue weighted by atomic mass is 35.5. The maximum Gasteiger partial charge on any atom is 0.230 e. The van der Waals surface area contributed by atoms with E-state index in [0.29, 0.717) is 11.6 Å². The van der Waals surface area contributed by atoms with Crippen molar-refractivity contribution in [1.29, 1.82) is 0 Å².